The van der Waals surface area contributed by atoms with Crippen LogP contribution in [0.5, 0.6) is 0 Å². The van der Waals surface area contributed by atoms with E-state index in [0.29, 0.717) is 5.92 Å². The molecule has 3 rings (SSSR count). The molecular formula is C16H23N3O. The summed E-state index contributed by atoms with van der Waals surface area (Å²) in [6.07, 6.45) is 2.32. The highest BCUT2D eigenvalue weighted by molar-refractivity contribution is 5.98. The van der Waals surface area contributed by atoms with E-state index in [0.717, 1.165) is 44.6 Å². The number of nitrogens with zero attached hydrogens (tertiary/aromatic N) is 1. The average Bonchev–Trinajstić information content (AvgIpc) is 2.69. The van der Waals surface area contributed by atoms with Crippen LogP contribution in [0.15, 0.2) is 12.1 Å². The normalized spacial score (nSPS) is 20.5. The lowest BCUT2D eigenvalue weighted by Gasteiger charge is -2.19. The molecule has 0 fully saturated rings. The fourth-order valence-corrected chi connectivity index (χ4v) is 3.59. The van der Waals surface area contributed by atoms with Crippen LogP contribution in [0.2, 0.25) is 0 Å². The molecular weight excluding hydrogens is 250 g/mol. The number of nitrogens with one attached hydrogen (secondary N) is 2. The van der Waals surface area contributed by atoms with E-state index < -0.39 is 0 Å². The van der Waals surface area contributed by atoms with Crippen molar-refractivity contribution < 1.29 is 4.79 Å². The highest BCUT2D eigenvalue weighted by Gasteiger charge is 2.34. The van der Waals surface area contributed by atoms with Crippen LogP contribution in [-0.4, -0.2) is 32.6 Å². The maximum absolute atomic E-state index is 12.2. The Morgan fingerprint density at radius 3 is 3.10 bits per heavy atom. The Hall–Kier alpha value is -1.55. The maximum Gasteiger partial charge on any atom is 0.251 e. The monoisotopic (exact) mass is 273 g/mol. The molecule has 0 aromatic heterocycles. The van der Waals surface area contributed by atoms with Gasteiger partial charge in [0, 0.05) is 50.4 Å². The van der Waals surface area contributed by atoms with E-state index in [1.54, 1.807) is 7.05 Å². The molecule has 2 aliphatic heterocycles. The highest BCUT2D eigenvalue weighted by Crippen LogP contribution is 2.43. The van der Waals surface area contributed by atoms with E-state index in [4.69, 9.17) is 0 Å². The van der Waals surface area contributed by atoms with E-state index in [2.05, 4.69) is 28.5 Å². The minimum absolute atomic E-state index is 0.0444. The van der Waals surface area contributed by atoms with Crippen LogP contribution in [-0.2, 0) is 6.54 Å². The minimum atomic E-state index is 0.0444. The number of hydrogen-bond donors (Lipinski definition) is 2. The van der Waals surface area contributed by atoms with E-state index in [1.165, 1.54) is 16.8 Å². The number of hydrogen-bond acceptors (Lipinski definition) is 3. The largest absolute Gasteiger partial charge is 0.369 e. The van der Waals surface area contributed by atoms with E-state index in [-0.39, 0.29) is 5.91 Å². The van der Waals surface area contributed by atoms with Gasteiger partial charge in [-0.05, 0) is 23.6 Å². The second-order valence-electron chi connectivity index (χ2n) is 5.72. The van der Waals surface area contributed by atoms with E-state index in [1.807, 2.05) is 6.07 Å². The molecule has 2 aliphatic rings. The number of carbonyl (C=O) groups is 1. The maximum atomic E-state index is 12.2. The molecule has 1 aromatic carbocycles. The summed E-state index contributed by atoms with van der Waals surface area (Å²) in [5, 5.41) is 6.25. The van der Waals surface area contributed by atoms with Gasteiger partial charge in [-0.1, -0.05) is 19.4 Å². The summed E-state index contributed by atoms with van der Waals surface area (Å²) >= 11 is 0. The van der Waals surface area contributed by atoms with Crippen molar-refractivity contribution in [3.8, 4) is 0 Å². The molecule has 2 heterocycles. The molecule has 0 radical (unpaired) electrons. The summed E-state index contributed by atoms with van der Waals surface area (Å²) in [5.74, 6) is 0.545. The Morgan fingerprint density at radius 1 is 1.50 bits per heavy atom. The van der Waals surface area contributed by atoms with Crippen molar-refractivity contribution in [2.75, 3.05) is 31.6 Å². The number of carbonyl (C=O) groups excluding carboxylic acids is 1. The van der Waals surface area contributed by atoms with E-state index >= 15 is 0 Å². The first-order chi connectivity index (χ1) is 9.76. The van der Waals surface area contributed by atoms with Crippen molar-refractivity contribution >= 4 is 11.6 Å². The smallest absolute Gasteiger partial charge is 0.251 e. The first-order valence-electron chi connectivity index (χ1n) is 7.59. The predicted octanol–water partition coefficient (Wildman–Crippen LogP) is 1.85. The fourth-order valence-electron chi connectivity index (χ4n) is 3.59. The van der Waals surface area contributed by atoms with Gasteiger partial charge < -0.3 is 15.5 Å². The number of rotatable bonds is 3. The summed E-state index contributed by atoms with van der Waals surface area (Å²) < 4.78 is 0. The van der Waals surface area contributed by atoms with Crippen molar-refractivity contribution in [3.63, 3.8) is 0 Å². The van der Waals surface area contributed by atoms with Gasteiger partial charge >= 0.3 is 0 Å². The molecule has 1 amide bonds. The van der Waals surface area contributed by atoms with Gasteiger partial charge in [0.05, 0.1) is 0 Å². The summed E-state index contributed by atoms with van der Waals surface area (Å²) in [6, 6.07) is 4.12. The van der Waals surface area contributed by atoms with Gasteiger partial charge in [0.25, 0.3) is 5.91 Å². The number of anilines is 1. The van der Waals surface area contributed by atoms with Gasteiger partial charge in [-0.3, -0.25) is 4.79 Å². The topological polar surface area (TPSA) is 44.4 Å². The zero-order valence-corrected chi connectivity index (χ0v) is 12.3. The molecule has 0 saturated carbocycles. The SMILES string of the molecule is CCC[C@@H]1CN2CCNCc3ccc(C(=O)NC)c1c32. The second kappa shape index (κ2) is 5.44. The van der Waals surface area contributed by atoms with Crippen LogP contribution < -0.4 is 15.5 Å². The zero-order chi connectivity index (χ0) is 14.1. The van der Waals surface area contributed by atoms with Crippen LogP contribution in [0.3, 0.4) is 0 Å². The lowest BCUT2D eigenvalue weighted by atomic mass is 9.90. The van der Waals surface area contributed by atoms with Gasteiger partial charge in [0.1, 0.15) is 0 Å². The average molecular weight is 273 g/mol. The lowest BCUT2D eigenvalue weighted by molar-refractivity contribution is 0.0962. The molecule has 2 N–H and O–H groups in total. The zero-order valence-electron chi connectivity index (χ0n) is 12.3. The molecule has 0 unspecified atom stereocenters. The van der Waals surface area contributed by atoms with Crippen LogP contribution in [0.4, 0.5) is 5.69 Å². The Labute approximate surface area is 120 Å². The van der Waals surface area contributed by atoms with Crippen molar-refractivity contribution in [2.24, 2.45) is 0 Å². The number of benzene rings is 1. The van der Waals surface area contributed by atoms with Crippen LogP contribution in [0.1, 0.15) is 47.2 Å². The van der Waals surface area contributed by atoms with Crippen molar-refractivity contribution in [3.05, 3.63) is 28.8 Å². The Kier molecular flexibility index (Phi) is 3.66. The van der Waals surface area contributed by atoms with Gasteiger partial charge in [-0.15, -0.1) is 0 Å². The lowest BCUT2D eigenvalue weighted by Crippen LogP contribution is -2.28. The Bertz CT molecular complexity index is 527. The molecule has 0 saturated heterocycles. The van der Waals surface area contributed by atoms with Gasteiger partial charge in [0.2, 0.25) is 0 Å². The standard InChI is InChI=1S/C16H23N3O/c1-3-4-12-10-19-8-7-18-9-11-5-6-13(16(20)17-2)14(12)15(11)19/h5-6,12,18H,3-4,7-10H2,1-2H3,(H,17,20)/t12-/m1/s1. The first-order valence-corrected chi connectivity index (χ1v) is 7.59. The molecule has 4 nitrogen and oxygen atoms in total. The molecule has 20 heavy (non-hydrogen) atoms. The van der Waals surface area contributed by atoms with E-state index in [9.17, 15) is 4.79 Å². The molecule has 1 atom stereocenters. The summed E-state index contributed by atoms with van der Waals surface area (Å²) in [5.41, 5.74) is 4.82. The second-order valence-corrected chi connectivity index (χ2v) is 5.72. The van der Waals surface area contributed by atoms with Gasteiger partial charge in [-0.25, -0.2) is 0 Å². The highest BCUT2D eigenvalue weighted by atomic mass is 16.1. The summed E-state index contributed by atoms with van der Waals surface area (Å²) in [7, 11) is 1.71. The quantitative estimate of drug-likeness (QED) is 0.883. The number of amides is 1. The third kappa shape index (κ3) is 2.08. The van der Waals surface area contributed by atoms with Gasteiger partial charge in [0.15, 0.2) is 0 Å². The minimum Gasteiger partial charge on any atom is -0.369 e. The summed E-state index contributed by atoms with van der Waals surface area (Å²) in [6.45, 7) is 6.25. The van der Waals surface area contributed by atoms with Crippen LogP contribution in [0, 0.1) is 0 Å². The van der Waals surface area contributed by atoms with Crippen LogP contribution >= 0.6 is 0 Å². The Morgan fingerprint density at radius 2 is 2.35 bits per heavy atom. The predicted molar refractivity (Wildman–Crippen MR) is 81.4 cm³/mol. The molecule has 4 heteroatoms. The van der Waals surface area contributed by atoms with Crippen molar-refractivity contribution in [2.45, 2.75) is 32.2 Å². The van der Waals surface area contributed by atoms with Crippen molar-refractivity contribution in [1.82, 2.24) is 10.6 Å². The molecule has 0 bridgehead atoms. The Balaban J connectivity index is 2.13. The van der Waals surface area contributed by atoms with Gasteiger partial charge in [-0.2, -0.15) is 0 Å². The first kappa shape index (κ1) is 13.4. The van der Waals surface area contributed by atoms with Crippen molar-refractivity contribution in [1.29, 1.82) is 0 Å². The fraction of sp³-hybridized carbons (Fsp3) is 0.562. The molecule has 108 valence electrons. The van der Waals surface area contributed by atoms with Crippen LogP contribution in [0.25, 0.3) is 0 Å². The molecule has 1 aromatic rings. The third-order valence-corrected chi connectivity index (χ3v) is 4.45. The molecule has 0 aliphatic carbocycles. The molecule has 0 spiro atoms. The third-order valence-electron chi connectivity index (χ3n) is 4.45. The summed E-state index contributed by atoms with van der Waals surface area (Å²) in [4.78, 5) is 14.7.